The first-order valence-corrected chi connectivity index (χ1v) is 7.37. The van der Waals surface area contributed by atoms with Crippen LogP contribution in [-0.2, 0) is 11.3 Å². The van der Waals surface area contributed by atoms with Crippen LogP contribution >= 0.6 is 23.2 Å². The van der Waals surface area contributed by atoms with Crippen LogP contribution in [0, 0.1) is 0 Å². The Morgan fingerprint density at radius 2 is 2.05 bits per heavy atom. The number of amides is 1. The van der Waals surface area contributed by atoms with E-state index in [0.29, 0.717) is 11.6 Å². The molecule has 0 saturated carbocycles. The van der Waals surface area contributed by atoms with Gasteiger partial charge >= 0.3 is 0 Å². The number of carbonyl (C=O) groups excluding carboxylic acids is 1. The zero-order valence-electron chi connectivity index (χ0n) is 11.3. The maximum absolute atomic E-state index is 11.0. The van der Waals surface area contributed by atoms with Gasteiger partial charge in [-0.3, -0.25) is 9.69 Å². The quantitative estimate of drug-likeness (QED) is 0.901. The number of benzene rings is 1. The smallest absolute Gasteiger partial charge is 0.217 e. The molecule has 1 aromatic carbocycles. The number of hydrogen-bond acceptors (Lipinski definition) is 3. The Hall–Kier alpha value is -0.970. The van der Waals surface area contributed by atoms with Gasteiger partial charge in [-0.1, -0.05) is 23.2 Å². The highest BCUT2D eigenvalue weighted by Crippen LogP contribution is 2.32. The molecular weight excluding hydrogens is 299 g/mol. The molecule has 0 atom stereocenters. The molecule has 0 radical (unpaired) electrons. The zero-order chi connectivity index (χ0) is 14.7. The van der Waals surface area contributed by atoms with Gasteiger partial charge in [-0.15, -0.1) is 0 Å². The molecule has 6 heteroatoms. The largest absolute Gasteiger partial charge is 0.506 e. The highest BCUT2D eigenvalue weighted by molar-refractivity contribution is 6.35. The van der Waals surface area contributed by atoms with Crippen molar-refractivity contribution in [3.8, 4) is 5.75 Å². The summed E-state index contributed by atoms with van der Waals surface area (Å²) >= 11 is 11.9. The SMILES string of the molecule is CC(=O)NC1CCN(Cc2cc(Cl)cc(Cl)c2O)CC1. The highest BCUT2D eigenvalue weighted by atomic mass is 35.5. The van der Waals surface area contributed by atoms with Gasteiger partial charge in [0.1, 0.15) is 5.75 Å². The Morgan fingerprint density at radius 3 is 2.65 bits per heavy atom. The number of rotatable bonds is 3. The van der Waals surface area contributed by atoms with Crippen molar-refractivity contribution < 1.29 is 9.90 Å². The number of piperidine rings is 1. The monoisotopic (exact) mass is 316 g/mol. The van der Waals surface area contributed by atoms with E-state index in [0.717, 1.165) is 31.5 Å². The van der Waals surface area contributed by atoms with E-state index in [4.69, 9.17) is 23.2 Å². The van der Waals surface area contributed by atoms with E-state index in [9.17, 15) is 9.90 Å². The molecule has 1 aliphatic rings. The number of nitrogens with zero attached hydrogens (tertiary/aromatic N) is 1. The minimum Gasteiger partial charge on any atom is -0.506 e. The van der Waals surface area contributed by atoms with Crippen LogP contribution in [0.25, 0.3) is 0 Å². The molecule has 2 rings (SSSR count). The van der Waals surface area contributed by atoms with Crippen molar-refractivity contribution in [1.29, 1.82) is 0 Å². The number of aromatic hydroxyl groups is 1. The van der Waals surface area contributed by atoms with Gasteiger partial charge in [0.2, 0.25) is 5.91 Å². The Labute approximate surface area is 128 Å². The second kappa shape index (κ2) is 6.66. The zero-order valence-corrected chi connectivity index (χ0v) is 12.8. The maximum atomic E-state index is 11.0. The van der Waals surface area contributed by atoms with Gasteiger partial charge in [0.15, 0.2) is 0 Å². The van der Waals surface area contributed by atoms with Gasteiger partial charge in [-0.2, -0.15) is 0 Å². The van der Waals surface area contributed by atoms with Crippen LogP contribution < -0.4 is 5.32 Å². The van der Waals surface area contributed by atoms with Crippen LogP contribution in [0.15, 0.2) is 12.1 Å². The normalized spacial score (nSPS) is 17.1. The molecule has 1 aliphatic heterocycles. The molecule has 1 saturated heterocycles. The van der Waals surface area contributed by atoms with Gasteiger partial charge in [-0.05, 0) is 25.0 Å². The van der Waals surface area contributed by atoms with Crippen LogP contribution in [0.5, 0.6) is 5.75 Å². The number of halogens is 2. The van der Waals surface area contributed by atoms with Gasteiger partial charge in [-0.25, -0.2) is 0 Å². The summed E-state index contributed by atoms with van der Waals surface area (Å²) in [6.45, 7) is 3.89. The Balaban J connectivity index is 1.94. The first-order valence-electron chi connectivity index (χ1n) is 6.62. The standard InChI is InChI=1S/C14H18Cl2N2O2/c1-9(19)17-12-2-4-18(5-3-12)8-10-6-11(15)7-13(16)14(10)20/h6-7,12,20H,2-5,8H2,1H3,(H,17,19). The van der Waals surface area contributed by atoms with E-state index in [1.807, 2.05) is 0 Å². The molecule has 0 aromatic heterocycles. The van der Waals surface area contributed by atoms with Crippen LogP contribution in [-0.4, -0.2) is 35.0 Å². The van der Waals surface area contributed by atoms with Crippen molar-refractivity contribution in [2.45, 2.75) is 32.4 Å². The molecule has 1 amide bonds. The molecule has 0 bridgehead atoms. The van der Waals surface area contributed by atoms with E-state index in [-0.39, 0.29) is 22.7 Å². The first kappa shape index (κ1) is 15.4. The minimum atomic E-state index is 0.0164. The predicted molar refractivity (Wildman–Crippen MR) is 80.2 cm³/mol. The third-order valence-corrected chi connectivity index (χ3v) is 4.00. The molecular formula is C14H18Cl2N2O2. The number of likely N-dealkylation sites (tertiary alicyclic amines) is 1. The molecule has 4 nitrogen and oxygen atoms in total. The summed E-state index contributed by atoms with van der Waals surface area (Å²) in [7, 11) is 0. The van der Waals surface area contributed by atoms with E-state index in [1.54, 1.807) is 13.0 Å². The summed E-state index contributed by atoms with van der Waals surface area (Å²) in [4.78, 5) is 13.2. The Kier molecular flexibility index (Phi) is 5.13. The predicted octanol–water partition coefficient (Wildman–Crippen LogP) is 2.80. The third-order valence-electron chi connectivity index (χ3n) is 3.50. The second-order valence-electron chi connectivity index (χ2n) is 5.15. The van der Waals surface area contributed by atoms with Crippen molar-refractivity contribution in [3.05, 3.63) is 27.7 Å². The molecule has 0 aliphatic carbocycles. The van der Waals surface area contributed by atoms with Crippen LogP contribution in [0.1, 0.15) is 25.3 Å². The summed E-state index contributed by atoms with van der Waals surface area (Å²) in [5, 5.41) is 13.7. The van der Waals surface area contributed by atoms with Crippen LogP contribution in [0.4, 0.5) is 0 Å². The van der Waals surface area contributed by atoms with Crippen molar-refractivity contribution in [1.82, 2.24) is 10.2 Å². The van der Waals surface area contributed by atoms with Crippen molar-refractivity contribution in [3.63, 3.8) is 0 Å². The lowest BCUT2D eigenvalue weighted by Crippen LogP contribution is -2.43. The van der Waals surface area contributed by atoms with E-state index in [2.05, 4.69) is 10.2 Å². The van der Waals surface area contributed by atoms with Crippen molar-refractivity contribution >= 4 is 29.1 Å². The first-order chi connectivity index (χ1) is 9.45. The molecule has 2 N–H and O–H groups in total. The Morgan fingerprint density at radius 1 is 1.40 bits per heavy atom. The Bertz CT molecular complexity index is 500. The summed E-state index contributed by atoms with van der Waals surface area (Å²) < 4.78 is 0. The van der Waals surface area contributed by atoms with Crippen molar-refractivity contribution in [2.24, 2.45) is 0 Å². The van der Waals surface area contributed by atoms with Gasteiger partial charge in [0.25, 0.3) is 0 Å². The van der Waals surface area contributed by atoms with Crippen LogP contribution in [0.3, 0.4) is 0 Å². The lowest BCUT2D eigenvalue weighted by Gasteiger charge is -2.32. The van der Waals surface area contributed by atoms with Gasteiger partial charge < -0.3 is 10.4 Å². The molecule has 20 heavy (non-hydrogen) atoms. The van der Waals surface area contributed by atoms with Gasteiger partial charge in [0, 0.05) is 43.2 Å². The highest BCUT2D eigenvalue weighted by Gasteiger charge is 2.21. The van der Waals surface area contributed by atoms with Crippen molar-refractivity contribution in [2.75, 3.05) is 13.1 Å². The second-order valence-corrected chi connectivity index (χ2v) is 5.99. The fraction of sp³-hybridized carbons (Fsp3) is 0.500. The summed E-state index contributed by atoms with van der Waals surface area (Å²) in [5.41, 5.74) is 0.737. The number of carbonyl (C=O) groups is 1. The molecule has 1 fully saturated rings. The molecule has 0 spiro atoms. The van der Waals surface area contributed by atoms with Crippen LogP contribution in [0.2, 0.25) is 10.0 Å². The van der Waals surface area contributed by atoms with E-state index >= 15 is 0 Å². The van der Waals surface area contributed by atoms with E-state index in [1.165, 1.54) is 6.07 Å². The average Bonchev–Trinajstić information content (AvgIpc) is 2.37. The lowest BCUT2D eigenvalue weighted by molar-refractivity contribution is -0.119. The summed E-state index contributed by atoms with van der Waals surface area (Å²) in [6, 6.07) is 3.52. The lowest BCUT2D eigenvalue weighted by atomic mass is 10.0. The molecule has 1 heterocycles. The third kappa shape index (κ3) is 4.01. The number of nitrogens with one attached hydrogen (secondary N) is 1. The summed E-state index contributed by atoms with van der Waals surface area (Å²) in [5.74, 6) is 0.114. The maximum Gasteiger partial charge on any atom is 0.217 e. The number of hydrogen-bond donors (Lipinski definition) is 2. The van der Waals surface area contributed by atoms with E-state index < -0.39 is 0 Å². The molecule has 110 valence electrons. The molecule has 0 unspecified atom stereocenters. The summed E-state index contributed by atoms with van der Waals surface area (Å²) in [6.07, 6.45) is 1.82. The topological polar surface area (TPSA) is 52.6 Å². The minimum absolute atomic E-state index is 0.0164. The fourth-order valence-corrected chi connectivity index (χ4v) is 3.04. The number of phenolic OH excluding ortho intramolecular Hbond substituents is 1. The average molecular weight is 317 g/mol. The van der Waals surface area contributed by atoms with Gasteiger partial charge in [0.05, 0.1) is 5.02 Å². The fourth-order valence-electron chi connectivity index (χ4n) is 2.50. The number of phenols is 1. The molecule has 1 aromatic rings.